The third-order valence-electron chi connectivity index (χ3n) is 4.93. The number of nitrogens with zero attached hydrogens (tertiary/aromatic N) is 7. The van der Waals surface area contributed by atoms with Gasteiger partial charge in [-0.05, 0) is 13.8 Å². The molecule has 1 fully saturated rings. The van der Waals surface area contributed by atoms with E-state index in [1.165, 1.54) is 25.6 Å². The molecule has 0 radical (unpaired) electrons. The summed E-state index contributed by atoms with van der Waals surface area (Å²) in [6.07, 6.45) is 1.20. The Labute approximate surface area is 218 Å². The van der Waals surface area contributed by atoms with Crippen molar-refractivity contribution in [2.24, 2.45) is 21.6 Å². The first-order valence-corrected chi connectivity index (χ1v) is 12.6. The van der Waals surface area contributed by atoms with Crippen LogP contribution in [0.2, 0.25) is 0 Å². The molecule has 0 bridgehead atoms. The Kier molecular flexibility index (Phi) is 7.83. The molecule has 2 unspecified atom stereocenters. The molecule has 1 aliphatic rings. The molecule has 1 saturated heterocycles. The highest BCUT2D eigenvalue weighted by Gasteiger charge is 2.54. The van der Waals surface area contributed by atoms with Gasteiger partial charge in [0.2, 0.25) is 5.60 Å². The number of hydrogen-bond acceptors (Lipinski definition) is 13. The predicted molar refractivity (Wildman–Crippen MR) is 130 cm³/mol. The van der Waals surface area contributed by atoms with Gasteiger partial charge in [-0.2, -0.15) is 13.5 Å². The van der Waals surface area contributed by atoms with Crippen molar-refractivity contribution < 1.29 is 37.3 Å². The summed E-state index contributed by atoms with van der Waals surface area (Å²) in [5, 5.41) is 20.6. The lowest BCUT2D eigenvalue weighted by molar-refractivity contribution is -0.161. The first-order chi connectivity index (χ1) is 17.6. The van der Waals surface area contributed by atoms with Crippen LogP contribution in [0.25, 0.3) is 0 Å². The number of carbonyl (C=O) groups is 3. The molecule has 2 aromatic rings. The van der Waals surface area contributed by atoms with Crippen LogP contribution in [0.5, 0.6) is 0 Å². The largest absolute Gasteiger partial charge is 0.478 e. The summed E-state index contributed by atoms with van der Waals surface area (Å²) in [6.45, 7) is 1.95. The van der Waals surface area contributed by atoms with Gasteiger partial charge >= 0.3 is 16.3 Å². The number of β-lactam (4-membered cyclic amide) rings is 1. The van der Waals surface area contributed by atoms with E-state index in [1.807, 2.05) is 0 Å². The van der Waals surface area contributed by atoms with Crippen LogP contribution in [0.1, 0.15) is 25.4 Å². The molecule has 0 aliphatic carbocycles. The lowest BCUT2D eigenvalue weighted by Gasteiger charge is -2.43. The van der Waals surface area contributed by atoms with E-state index in [0.29, 0.717) is 0 Å². The maximum atomic E-state index is 13.1. The fraction of sp³-hybridized carbons (Fsp3) is 0.412. The number of carbonyl (C=O) groups excluding carboxylic acids is 2. The van der Waals surface area contributed by atoms with Crippen LogP contribution >= 0.6 is 11.3 Å². The average Bonchev–Trinajstić information content (AvgIpc) is 3.43. The van der Waals surface area contributed by atoms with Crippen LogP contribution in [0.3, 0.4) is 0 Å². The Morgan fingerprint density at radius 1 is 1.34 bits per heavy atom. The van der Waals surface area contributed by atoms with E-state index in [1.54, 1.807) is 0 Å². The lowest BCUT2D eigenvalue weighted by Crippen LogP contribution is -2.73. The standard InChI is InChI=1S/C17H23N11O8S2/c1-17(2,14(31)32)36-26-10(7-5-37-16(20)23-7)12(29)24-11-8(28(13(11)30)38(33,34)35)4-27-6-22-9(25-27)3-21-15(18)19/h5-6,8,11H,3-4H2,1-2H3,(H2,20,23)(H,24,29)(H,31,32)(H4,18,19,21)(H,33,34,35). The minimum atomic E-state index is -5.01. The molecule has 9 N–H and O–H groups in total. The third-order valence-corrected chi connectivity index (χ3v) is 6.55. The molecule has 2 aromatic heterocycles. The summed E-state index contributed by atoms with van der Waals surface area (Å²) in [5.41, 5.74) is 13.7. The molecule has 206 valence electrons. The zero-order chi connectivity index (χ0) is 28.4. The minimum Gasteiger partial charge on any atom is -0.478 e. The maximum absolute atomic E-state index is 13.1. The Balaban J connectivity index is 1.87. The van der Waals surface area contributed by atoms with Gasteiger partial charge in [0.25, 0.3) is 11.8 Å². The van der Waals surface area contributed by atoms with Gasteiger partial charge in [-0.15, -0.1) is 11.3 Å². The molecule has 1 aliphatic heterocycles. The number of thiazole rings is 1. The van der Waals surface area contributed by atoms with Crippen LogP contribution in [0, 0.1) is 0 Å². The number of aliphatic imine (C=N–C) groups is 1. The number of oxime groups is 1. The highest BCUT2D eigenvalue weighted by Crippen LogP contribution is 2.25. The Morgan fingerprint density at radius 2 is 2.03 bits per heavy atom. The Hall–Kier alpha value is -4.37. The zero-order valence-corrected chi connectivity index (χ0v) is 21.4. The fourth-order valence-electron chi connectivity index (χ4n) is 3.00. The number of hydrogen-bond donors (Lipinski definition) is 6. The molecule has 0 aromatic carbocycles. The second-order valence-electron chi connectivity index (χ2n) is 8.17. The first kappa shape index (κ1) is 28.2. The number of aromatic nitrogens is 4. The van der Waals surface area contributed by atoms with Gasteiger partial charge in [-0.25, -0.2) is 24.1 Å². The summed E-state index contributed by atoms with van der Waals surface area (Å²) in [6, 6.07) is -2.82. The van der Waals surface area contributed by atoms with Gasteiger partial charge in [0.15, 0.2) is 22.6 Å². The minimum absolute atomic E-state index is 0.0517. The van der Waals surface area contributed by atoms with Gasteiger partial charge in [0.05, 0.1) is 12.6 Å². The summed E-state index contributed by atoms with van der Waals surface area (Å²) in [5.74, 6) is -3.65. The number of aliphatic carboxylic acids is 1. The zero-order valence-electron chi connectivity index (χ0n) is 19.7. The number of nitrogens with two attached hydrogens (primary N) is 3. The number of nitrogen functional groups attached to an aromatic ring is 1. The van der Waals surface area contributed by atoms with Gasteiger partial charge in [0.1, 0.15) is 24.6 Å². The number of anilines is 1. The molecule has 38 heavy (non-hydrogen) atoms. The SMILES string of the molecule is CC(C)(ON=C(C(=O)NC1C(=O)N(S(=O)(=O)O)C1Cn1cnc(CN=C(N)N)n1)c1csc(N)n1)C(=O)O. The molecule has 19 nitrogen and oxygen atoms in total. The van der Waals surface area contributed by atoms with Gasteiger partial charge in [0, 0.05) is 5.38 Å². The monoisotopic (exact) mass is 573 g/mol. The van der Waals surface area contributed by atoms with E-state index >= 15 is 0 Å². The molecule has 21 heteroatoms. The van der Waals surface area contributed by atoms with E-state index < -0.39 is 51.5 Å². The maximum Gasteiger partial charge on any atom is 0.362 e. The van der Waals surface area contributed by atoms with E-state index in [-0.39, 0.29) is 40.0 Å². The smallest absolute Gasteiger partial charge is 0.362 e. The molecule has 2 atom stereocenters. The highest BCUT2D eigenvalue weighted by atomic mass is 32.2. The number of carboxylic acids is 1. The van der Waals surface area contributed by atoms with Crippen molar-refractivity contribution in [3.8, 4) is 0 Å². The van der Waals surface area contributed by atoms with Crippen LogP contribution in [-0.2, 0) is 42.6 Å². The summed E-state index contributed by atoms with van der Waals surface area (Å²) < 4.78 is 34.5. The van der Waals surface area contributed by atoms with Crippen molar-refractivity contribution >= 4 is 56.2 Å². The van der Waals surface area contributed by atoms with Crippen molar-refractivity contribution in [1.82, 2.24) is 29.4 Å². The summed E-state index contributed by atoms with van der Waals surface area (Å²) in [4.78, 5) is 53.7. The van der Waals surface area contributed by atoms with Gasteiger partial charge in [-0.3, -0.25) is 18.8 Å². The predicted octanol–water partition coefficient (Wildman–Crippen LogP) is -3.13. The van der Waals surface area contributed by atoms with Crippen LogP contribution < -0.4 is 22.5 Å². The molecule has 3 rings (SSSR count). The molecule has 3 heterocycles. The van der Waals surface area contributed by atoms with E-state index in [0.717, 1.165) is 16.0 Å². The summed E-state index contributed by atoms with van der Waals surface area (Å²) >= 11 is 0.946. The topological polar surface area (TPSA) is 297 Å². The van der Waals surface area contributed by atoms with Crippen molar-refractivity contribution in [2.75, 3.05) is 5.73 Å². The van der Waals surface area contributed by atoms with E-state index in [4.69, 9.17) is 22.0 Å². The number of carboxylic acid groups (broad SMARTS) is 1. The van der Waals surface area contributed by atoms with E-state index in [2.05, 4.69) is 30.5 Å². The molecular weight excluding hydrogens is 550 g/mol. The number of guanidine groups is 1. The van der Waals surface area contributed by atoms with E-state index in [9.17, 15) is 32.5 Å². The second-order valence-corrected chi connectivity index (χ2v) is 10.4. The van der Waals surface area contributed by atoms with Crippen molar-refractivity contribution in [3.63, 3.8) is 0 Å². The third kappa shape index (κ3) is 6.30. The van der Waals surface area contributed by atoms with Crippen molar-refractivity contribution in [1.29, 1.82) is 0 Å². The average molecular weight is 574 g/mol. The molecule has 0 spiro atoms. The number of nitrogens with one attached hydrogen (secondary N) is 1. The van der Waals surface area contributed by atoms with Gasteiger partial charge < -0.3 is 32.5 Å². The van der Waals surface area contributed by atoms with Crippen molar-refractivity contribution in [2.45, 2.75) is 44.6 Å². The number of amides is 2. The van der Waals surface area contributed by atoms with Crippen LogP contribution in [0.15, 0.2) is 21.9 Å². The van der Waals surface area contributed by atoms with Crippen molar-refractivity contribution in [3.05, 3.63) is 23.2 Å². The Bertz CT molecular complexity index is 1410. The molecule has 2 amide bonds. The summed E-state index contributed by atoms with van der Waals surface area (Å²) in [7, 11) is -5.01. The normalized spacial score (nSPS) is 18.0. The van der Waals surface area contributed by atoms with Crippen LogP contribution in [0.4, 0.5) is 5.13 Å². The highest BCUT2D eigenvalue weighted by molar-refractivity contribution is 7.84. The Morgan fingerprint density at radius 3 is 2.58 bits per heavy atom. The van der Waals surface area contributed by atoms with Gasteiger partial charge in [-0.1, -0.05) is 5.16 Å². The first-order valence-electron chi connectivity index (χ1n) is 10.4. The quantitative estimate of drug-likeness (QED) is 0.0509. The molecule has 0 saturated carbocycles. The fourth-order valence-corrected chi connectivity index (χ4v) is 4.42. The van der Waals surface area contributed by atoms with Crippen LogP contribution in [-0.4, -0.2) is 89.3 Å². The lowest BCUT2D eigenvalue weighted by atomic mass is 9.98. The number of rotatable bonds is 11. The molecular formula is C17H23N11O8S2. The second kappa shape index (κ2) is 10.5.